The van der Waals surface area contributed by atoms with Gasteiger partial charge in [-0.3, -0.25) is 4.79 Å². The van der Waals surface area contributed by atoms with Crippen molar-refractivity contribution < 1.29 is 22.0 Å². The average Bonchev–Trinajstić information content (AvgIpc) is 2.28. The minimum atomic E-state index is -4.71. The summed E-state index contributed by atoms with van der Waals surface area (Å²) in [6.45, 7) is 4.83. The fourth-order valence-corrected chi connectivity index (χ4v) is 3.12. The van der Waals surface area contributed by atoms with Crippen LogP contribution in [0.2, 0.25) is 0 Å². The zero-order valence-corrected chi connectivity index (χ0v) is 11.7. The van der Waals surface area contributed by atoms with Crippen LogP contribution in [0.5, 0.6) is 0 Å². The molecule has 0 amide bonds. The fourth-order valence-electron chi connectivity index (χ4n) is 2.14. The third kappa shape index (κ3) is 3.18. The molecule has 0 spiro atoms. The number of ketones is 1. The predicted molar refractivity (Wildman–Crippen MR) is 67.9 cm³/mol. The first-order valence-electron chi connectivity index (χ1n) is 5.81. The molecule has 0 fully saturated rings. The van der Waals surface area contributed by atoms with E-state index in [0.717, 1.165) is 6.07 Å². The zero-order valence-electron chi connectivity index (χ0n) is 10.9. The molecular formula is C13H16F2O3S. The van der Waals surface area contributed by atoms with Gasteiger partial charge >= 0.3 is 5.76 Å². The number of carbonyl (C=O) groups is 1. The van der Waals surface area contributed by atoms with Crippen LogP contribution >= 0.6 is 0 Å². The van der Waals surface area contributed by atoms with Crippen LogP contribution in [0.15, 0.2) is 29.2 Å². The topological polar surface area (TPSA) is 51.2 Å². The van der Waals surface area contributed by atoms with Gasteiger partial charge in [0.15, 0.2) is 0 Å². The monoisotopic (exact) mass is 290 g/mol. The highest BCUT2D eigenvalue weighted by Crippen LogP contribution is 2.32. The van der Waals surface area contributed by atoms with Gasteiger partial charge in [-0.2, -0.15) is 8.78 Å². The van der Waals surface area contributed by atoms with Gasteiger partial charge in [0.05, 0.1) is 4.90 Å². The first-order chi connectivity index (χ1) is 8.69. The summed E-state index contributed by atoms with van der Waals surface area (Å²) in [5.74, 6) is -4.61. The number of hydrogen-bond acceptors (Lipinski definition) is 3. The number of alkyl halides is 2. The molecule has 0 radical (unpaired) electrons. The lowest BCUT2D eigenvalue weighted by Crippen LogP contribution is -2.21. The summed E-state index contributed by atoms with van der Waals surface area (Å²) >= 11 is 0. The Bertz CT molecular complexity index is 565. The number of benzene rings is 1. The van der Waals surface area contributed by atoms with Crippen molar-refractivity contribution >= 4 is 15.6 Å². The molecule has 6 heteroatoms. The Hall–Kier alpha value is -1.30. The van der Waals surface area contributed by atoms with Gasteiger partial charge in [-0.05, 0) is 24.5 Å². The Morgan fingerprint density at radius 1 is 1.16 bits per heavy atom. The quantitative estimate of drug-likeness (QED) is 0.837. The van der Waals surface area contributed by atoms with Gasteiger partial charge in [0, 0.05) is 5.92 Å². The Labute approximate surface area is 111 Å². The van der Waals surface area contributed by atoms with Crippen molar-refractivity contribution in [2.75, 3.05) is 0 Å². The maximum absolute atomic E-state index is 12.7. The third-order valence-corrected chi connectivity index (χ3v) is 4.35. The second-order valence-electron chi connectivity index (χ2n) is 4.68. The van der Waals surface area contributed by atoms with Gasteiger partial charge in [0.2, 0.25) is 9.84 Å². The fraction of sp³-hybridized carbons (Fsp3) is 0.462. The molecule has 3 nitrogen and oxygen atoms in total. The molecule has 19 heavy (non-hydrogen) atoms. The van der Waals surface area contributed by atoms with E-state index in [4.69, 9.17) is 0 Å². The minimum Gasteiger partial charge on any atom is -0.299 e. The van der Waals surface area contributed by atoms with Gasteiger partial charge in [0.1, 0.15) is 5.78 Å². The van der Waals surface area contributed by atoms with Gasteiger partial charge in [0.25, 0.3) is 0 Å². The Morgan fingerprint density at radius 3 is 2.11 bits per heavy atom. The van der Waals surface area contributed by atoms with Gasteiger partial charge in [-0.15, -0.1) is 0 Å². The maximum Gasteiger partial charge on any atom is 0.341 e. The number of halogens is 2. The van der Waals surface area contributed by atoms with Crippen LogP contribution in [0, 0.1) is 5.92 Å². The summed E-state index contributed by atoms with van der Waals surface area (Å²) in [7, 11) is -4.71. The number of hydrogen-bond donors (Lipinski definition) is 0. The molecule has 1 atom stereocenters. The van der Waals surface area contributed by atoms with E-state index in [-0.39, 0.29) is 17.3 Å². The summed E-state index contributed by atoms with van der Waals surface area (Å²) in [6, 6.07) is 5.45. The van der Waals surface area contributed by atoms with Crippen LogP contribution in [0.4, 0.5) is 8.78 Å². The SMILES string of the molecule is CC(=O)C(c1ccccc1S(=O)(=O)C(F)F)C(C)C. The van der Waals surface area contributed by atoms with Crippen LogP contribution in [-0.4, -0.2) is 20.0 Å². The predicted octanol–water partition coefficient (Wildman–Crippen LogP) is 3.01. The highest BCUT2D eigenvalue weighted by molar-refractivity contribution is 7.91. The largest absolute Gasteiger partial charge is 0.341 e. The molecule has 0 aliphatic heterocycles. The Balaban J connectivity index is 3.50. The summed E-state index contributed by atoms with van der Waals surface area (Å²) in [6.07, 6.45) is 0. The number of Topliss-reactive ketones (excluding diaryl/α,β-unsaturated/α-hetero) is 1. The van der Waals surface area contributed by atoms with Crippen molar-refractivity contribution in [1.29, 1.82) is 0 Å². The second kappa shape index (κ2) is 5.77. The summed E-state index contributed by atoms with van der Waals surface area (Å²) < 4.78 is 48.6. The van der Waals surface area contributed by atoms with Crippen molar-refractivity contribution in [3.63, 3.8) is 0 Å². The van der Waals surface area contributed by atoms with Crippen LogP contribution in [0.25, 0.3) is 0 Å². The second-order valence-corrected chi connectivity index (χ2v) is 6.56. The highest BCUT2D eigenvalue weighted by Gasteiger charge is 2.33. The minimum absolute atomic E-state index is 0.144. The summed E-state index contributed by atoms with van der Waals surface area (Å²) in [5.41, 5.74) is 0.144. The Morgan fingerprint density at radius 2 is 1.68 bits per heavy atom. The summed E-state index contributed by atoms with van der Waals surface area (Å²) in [5, 5.41) is 0. The van der Waals surface area contributed by atoms with Crippen LogP contribution in [0.1, 0.15) is 32.3 Å². The van der Waals surface area contributed by atoms with E-state index in [0.29, 0.717) is 0 Å². The molecule has 1 rings (SSSR count). The normalized spacial score (nSPS) is 13.8. The lowest BCUT2D eigenvalue weighted by molar-refractivity contribution is -0.119. The smallest absolute Gasteiger partial charge is 0.299 e. The number of rotatable bonds is 5. The maximum atomic E-state index is 12.7. The third-order valence-electron chi connectivity index (χ3n) is 2.90. The van der Waals surface area contributed by atoms with E-state index < -0.39 is 26.4 Å². The Kier molecular flexibility index (Phi) is 4.79. The van der Waals surface area contributed by atoms with Gasteiger partial charge < -0.3 is 0 Å². The molecule has 0 saturated heterocycles. The summed E-state index contributed by atoms with van der Waals surface area (Å²) in [4.78, 5) is 11.2. The number of carbonyl (C=O) groups excluding carboxylic acids is 1. The van der Waals surface area contributed by atoms with Crippen molar-refractivity contribution in [3.8, 4) is 0 Å². The van der Waals surface area contributed by atoms with Gasteiger partial charge in [-0.25, -0.2) is 8.42 Å². The molecule has 0 bridgehead atoms. The van der Waals surface area contributed by atoms with Crippen LogP contribution in [-0.2, 0) is 14.6 Å². The number of sulfone groups is 1. The standard InChI is InChI=1S/C13H16F2O3S/c1-8(2)12(9(3)16)10-6-4-5-7-11(10)19(17,18)13(14)15/h4-8,12-13H,1-3H3. The van der Waals surface area contributed by atoms with Crippen LogP contribution in [0.3, 0.4) is 0 Å². The van der Waals surface area contributed by atoms with Gasteiger partial charge in [-0.1, -0.05) is 32.0 Å². The lowest BCUT2D eigenvalue weighted by atomic mass is 9.85. The van der Waals surface area contributed by atoms with Crippen molar-refractivity contribution in [2.24, 2.45) is 5.92 Å². The molecule has 0 aliphatic carbocycles. The molecule has 106 valence electrons. The van der Waals surface area contributed by atoms with Crippen molar-refractivity contribution in [2.45, 2.75) is 37.3 Å². The molecule has 1 unspecified atom stereocenters. The van der Waals surface area contributed by atoms with E-state index in [2.05, 4.69) is 0 Å². The molecule has 0 N–H and O–H groups in total. The first-order valence-corrected chi connectivity index (χ1v) is 7.35. The molecule has 0 aliphatic rings. The molecule has 1 aromatic rings. The average molecular weight is 290 g/mol. The van der Waals surface area contributed by atoms with E-state index in [1.54, 1.807) is 13.8 Å². The molecule has 0 aromatic heterocycles. The molecular weight excluding hydrogens is 274 g/mol. The van der Waals surface area contributed by atoms with E-state index in [1.807, 2.05) is 0 Å². The van der Waals surface area contributed by atoms with Crippen molar-refractivity contribution in [1.82, 2.24) is 0 Å². The van der Waals surface area contributed by atoms with Crippen LogP contribution < -0.4 is 0 Å². The molecule has 0 saturated carbocycles. The lowest BCUT2D eigenvalue weighted by Gasteiger charge is -2.21. The van der Waals surface area contributed by atoms with E-state index >= 15 is 0 Å². The van der Waals surface area contributed by atoms with E-state index in [9.17, 15) is 22.0 Å². The molecule has 0 heterocycles. The first kappa shape index (κ1) is 15.8. The highest BCUT2D eigenvalue weighted by atomic mass is 32.2. The molecule has 1 aromatic carbocycles. The van der Waals surface area contributed by atoms with Crippen molar-refractivity contribution in [3.05, 3.63) is 29.8 Å². The van der Waals surface area contributed by atoms with E-state index in [1.165, 1.54) is 25.1 Å². The zero-order chi connectivity index (χ0) is 14.8.